The zero-order valence-electron chi connectivity index (χ0n) is 15.9. The van der Waals surface area contributed by atoms with E-state index in [0.717, 1.165) is 27.9 Å². The van der Waals surface area contributed by atoms with Crippen LogP contribution < -0.4 is 10.1 Å². The Bertz CT molecular complexity index is 1240. The first-order chi connectivity index (χ1) is 14.2. The second-order valence-electron chi connectivity index (χ2n) is 6.32. The van der Waals surface area contributed by atoms with E-state index in [1.54, 1.807) is 51.1 Å². The predicted octanol–water partition coefficient (Wildman–Crippen LogP) is 3.30. The maximum absolute atomic E-state index is 11.8. The zero-order valence-corrected chi connectivity index (χ0v) is 15.9. The minimum absolute atomic E-state index is 0.244. The summed E-state index contributed by atoms with van der Waals surface area (Å²) in [5.74, 6) is 0.437. The van der Waals surface area contributed by atoms with Crippen molar-refractivity contribution in [2.24, 2.45) is 0 Å². The van der Waals surface area contributed by atoms with Crippen molar-refractivity contribution in [1.29, 1.82) is 5.26 Å². The van der Waals surface area contributed by atoms with E-state index in [2.05, 4.69) is 21.4 Å². The van der Waals surface area contributed by atoms with E-state index in [1.165, 1.54) is 0 Å². The number of carbonyl (C=O) groups is 1. The van der Waals surface area contributed by atoms with Gasteiger partial charge in [0.1, 0.15) is 17.0 Å². The number of imidazole rings is 1. The summed E-state index contributed by atoms with van der Waals surface area (Å²) in [4.78, 5) is 20.4. The molecule has 1 N–H and O–H groups in total. The molecule has 0 aliphatic carbocycles. The molecule has 0 spiro atoms. The van der Waals surface area contributed by atoms with Crippen molar-refractivity contribution in [2.75, 3.05) is 14.2 Å². The molecule has 0 atom stereocenters. The summed E-state index contributed by atoms with van der Waals surface area (Å²) in [6.45, 7) is 0. The average Bonchev–Trinajstić information content (AvgIpc) is 3.27. The highest BCUT2D eigenvalue weighted by molar-refractivity contribution is 5.93. The molecule has 0 fully saturated rings. The van der Waals surface area contributed by atoms with Crippen LogP contribution in [0.3, 0.4) is 0 Å². The molecule has 29 heavy (non-hydrogen) atoms. The number of methoxy groups -OCH3 is 1. The Balaban J connectivity index is 1.97. The van der Waals surface area contributed by atoms with E-state index in [0.29, 0.717) is 17.0 Å². The van der Waals surface area contributed by atoms with Crippen molar-refractivity contribution in [2.45, 2.75) is 0 Å². The van der Waals surface area contributed by atoms with E-state index in [9.17, 15) is 4.79 Å². The highest BCUT2D eigenvalue weighted by Crippen LogP contribution is 2.37. The second-order valence-corrected chi connectivity index (χ2v) is 6.32. The third kappa shape index (κ3) is 3.17. The number of hydrogen-bond acceptors (Lipinski definition) is 5. The summed E-state index contributed by atoms with van der Waals surface area (Å²) in [5.41, 5.74) is 5.24. The monoisotopic (exact) mass is 383 g/mol. The lowest BCUT2D eigenvalue weighted by molar-refractivity contribution is 0.0958. The Morgan fingerprint density at radius 2 is 1.90 bits per heavy atom. The first kappa shape index (κ1) is 18.2. The van der Waals surface area contributed by atoms with Crippen molar-refractivity contribution >= 4 is 11.4 Å². The number of nitrogens with one attached hydrogen (secondary N) is 1. The molecule has 142 valence electrons. The fourth-order valence-corrected chi connectivity index (χ4v) is 3.26. The van der Waals surface area contributed by atoms with Crippen molar-refractivity contribution in [3.05, 3.63) is 72.4 Å². The molecule has 4 rings (SSSR count). The molecule has 0 radical (unpaired) electrons. The quantitative estimate of drug-likeness (QED) is 0.584. The lowest BCUT2D eigenvalue weighted by Gasteiger charge is -2.16. The van der Waals surface area contributed by atoms with Crippen LogP contribution >= 0.6 is 0 Å². The van der Waals surface area contributed by atoms with Crippen LogP contribution in [0.15, 0.2) is 61.2 Å². The van der Waals surface area contributed by atoms with Crippen molar-refractivity contribution < 1.29 is 9.53 Å². The van der Waals surface area contributed by atoms with Gasteiger partial charge in [-0.25, -0.2) is 4.98 Å². The number of aromatic nitrogens is 3. The third-order valence-electron chi connectivity index (χ3n) is 4.70. The third-order valence-corrected chi connectivity index (χ3v) is 4.70. The largest absolute Gasteiger partial charge is 0.494 e. The number of amides is 1. The molecule has 0 saturated heterocycles. The minimum atomic E-state index is -0.244. The normalized spacial score (nSPS) is 10.5. The number of hydrogen-bond donors (Lipinski definition) is 1. The zero-order chi connectivity index (χ0) is 20.4. The fraction of sp³-hybridized carbons (Fsp3) is 0.0909. The Hall–Kier alpha value is -4.18. The van der Waals surface area contributed by atoms with Gasteiger partial charge in [-0.2, -0.15) is 5.26 Å². The molecule has 1 aromatic carbocycles. The van der Waals surface area contributed by atoms with Crippen LogP contribution in [-0.4, -0.2) is 34.4 Å². The van der Waals surface area contributed by atoms with Crippen LogP contribution in [0.4, 0.5) is 0 Å². The molecule has 4 aromatic rings. The Morgan fingerprint density at radius 3 is 2.52 bits per heavy atom. The highest BCUT2D eigenvalue weighted by Gasteiger charge is 2.17. The standard InChI is InChI=1S/C22H17N5O2/c1-24-22(28)18-8-7-16(11-26-18)21-17(15-5-3-14(10-23)4-6-15)9-20(29-2)19-12-25-13-27(19)21/h3-9,11-13H,1-2H3,(H,24,28). The average molecular weight is 383 g/mol. The summed E-state index contributed by atoms with van der Waals surface area (Å²) in [6, 6.07) is 15.0. The Labute approximate surface area is 167 Å². The second kappa shape index (κ2) is 7.44. The molecule has 3 heterocycles. The van der Waals surface area contributed by atoms with Gasteiger partial charge in [-0.1, -0.05) is 12.1 Å². The van der Waals surface area contributed by atoms with Crippen molar-refractivity contribution in [3.63, 3.8) is 0 Å². The summed E-state index contributed by atoms with van der Waals surface area (Å²) in [7, 11) is 3.18. The molecule has 0 saturated carbocycles. The summed E-state index contributed by atoms with van der Waals surface area (Å²) < 4.78 is 7.50. The fourth-order valence-electron chi connectivity index (χ4n) is 3.26. The molecular formula is C22H17N5O2. The van der Waals surface area contributed by atoms with E-state index in [-0.39, 0.29) is 5.91 Å². The van der Waals surface area contributed by atoms with Crippen LogP contribution in [0.5, 0.6) is 5.75 Å². The molecule has 7 heteroatoms. The van der Waals surface area contributed by atoms with Gasteiger partial charge in [0.15, 0.2) is 0 Å². The number of nitriles is 1. The first-order valence-electron chi connectivity index (χ1n) is 8.88. The SMILES string of the molecule is CNC(=O)c1ccc(-c2c(-c3ccc(C#N)cc3)cc(OC)c3cncn23)cn1. The minimum Gasteiger partial charge on any atom is -0.494 e. The summed E-state index contributed by atoms with van der Waals surface area (Å²) in [5, 5.41) is 11.7. The molecule has 7 nitrogen and oxygen atoms in total. The Kier molecular flexibility index (Phi) is 4.67. The maximum Gasteiger partial charge on any atom is 0.269 e. The smallest absolute Gasteiger partial charge is 0.269 e. The number of pyridine rings is 2. The van der Waals surface area contributed by atoms with Gasteiger partial charge in [0.2, 0.25) is 0 Å². The molecule has 0 aliphatic heterocycles. The van der Waals surface area contributed by atoms with Crippen LogP contribution in [0.1, 0.15) is 16.1 Å². The highest BCUT2D eigenvalue weighted by atomic mass is 16.5. The molecule has 0 bridgehead atoms. The predicted molar refractivity (Wildman–Crippen MR) is 109 cm³/mol. The number of carbonyl (C=O) groups excluding carboxylic acids is 1. The maximum atomic E-state index is 11.8. The number of fused-ring (bicyclic) bond motifs is 1. The Morgan fingerprint density at radius 1 is 1.14 bits per heavy atom. The van der Waals surface area contributed by atoms with Crippen LogP contribution in [-0.2, 0) is 0 Å². The number of rotatable bonds is 4. The first-order valence-corrected chi connectivity index (χ1v) is 8.88. The topological polar surface area (TPSA) is 92.3 Å². The number of nitrogens with zero attached hydrogens (tertiary/aromatic N) is 4. The van der Waals surface area contributed by atoms with Gasteiger partial charge in [0.25, 0.3) is 5.91 Å². The van der Waals surface area contributed by atoms with E-state index in [1.807, 2.05) is 28.7 Å². The van der Waals surface area contributed by atoms with Gasteiger partial charge >= 0.3 is 0 Å². The molecule has 1 amide bonds. The van der Waals surface area contributed by atoms with Crippen LogP contribution in [0.2, 0.25) is 0 Å². The number of benzene rings is 1. The van der Waals surface area contributed by atoms with Crippen LogP contribution in [0.25, 0.3) is 27.9 Å². The lowest BCUT2D eigenvalue weighted by Crippen LogP contribution is -2.18. The summed E-state index contributed by atoms with van der Waals surface area (Å²) >= 11 is 0. The van der Waals surface area contributed by atoms with Gasteiger partial charge in [0.05, 0.1) is 37.0 Å². The van der Waals surface area contributed by atoms with Gasteiger partial charge < -0.3 is 10.1 Å². The van der Waals surface area contributed by atoms with E-state index in [4.69, 9.17) is 10.00 Å². The molecule has 0 unspecified atom stereocenters. The van der Waals surface area contributed by atoms with Crippen LogP contribution in [0, 0.1) is 11.3 Å². The van der Waals surface area contributed by atoms with Crippen molar-refractivity contribution in [1.82, 2.24) is 19.7 Å². The van der Waals surface area contributed by atoms with Gasteiger partial charge in [0, 0.05) is 24.4 Å². The van der Waals surface area contributed by atoms with E-state index < -0.39 is 0 Å². The summed E-state index contributed by atoms with van der Waals surface area (Å²) in [6.07, 6.45) is 5.11. The van der Waals surface area contributed by atoms with Gasteiger partial charge in [-0.3, -0.25) is 14.2 Å². The molecule has 3 aromatic heterocycles. The van der Waals surface area contributed by atoms with Gasteiger partial charge in [-0.05, 0) is 35.9 Å². The van der Waals surface area contributed by atoms with E-state index >= 15 is 0 Å². The van der Waals surface area contributed by atoms with Gasteiger partial charge in [-0.15, -0.1) is 0 Å². The molecule has 0 aliphatic rings. The molecular weight excluding hydrogens is 366 g/mol. The lowest BCUT2D eigenvalue weighted by atomic mass is 9.98. The van der Waals surface area contributed by atoms with Crippen molar-refractivity contribution in [3.8, 4) is 34.2 Å². The number of ether oxygens (including phenoxy) is 1.